The first-order valence-electron chi connectivity index (χ1n) is 7.45. The van der Waals surface area contributed by atoms with Crippen molar-refractivity contribution in [2.75, 3.05) is 0 Å². The minimum atomic E-state index is 0.660. The molecule has 116 valence electrons. The van der Waals surface area contributed by atoms with Gasteiger partial charge < -0.3 is 0 Å². The first-order chi connectivity index (χ1) is 11.7. The van der Waals surface area contributed by atoms with Gasteiger partial charge in [0.05, 0.1) is 11.0 Å². The summed E-state index contributed by atoms with van der Waals surface area (Å²) in [7, 11) is 0. The molecule has 0 atom stereocenters. The Morgan fingerprint density at radius 2 is 1.25 bits per heavy atom. The second-order valence-electron chi connectivity index (χ2n) is 5.64. The van der Waals surface area contributed by atoms with Gasteiger partial charge in [-0.05, 0) is 72.8 Å². The molecule has 3 aromatic heterocycles. The van der Waals surface area contributed by atoms with Crippen molar-refractivity contribution in [3.8, 4) is 0 Å². The van der Waals surface area contributed by atoms with E-state index in [4.69, 9.17) is 9.97 Å². The quantitative estimate of drug-likeness (QED) is 0.415. The molecule has 0 bridgehead atoms. The van der Waals surface area contributed by atoms with Crippen molar-refractivity contribution in [2.45, 2.75) is 34.0 Å². The zero-order valence-electron chi connectivity index (χ0n) is 12.9. The van der Waals surface area contributed by atoms with E-state index in [1.54, 1.807) is 6.20 Å². The fraction of sp³-hybridized carbons (Fsp3) is 0.118. The van der Waals surface area contributed by atoms with Crippen molar-refractivity contribution in [2.24, 2.45) is 0 Å². The molecule has 7 heteroatoms. The van der Waals surface area contributed by atoms with Gasteiger partial charge in [-0.2, -0.15) is 0 Å². The Morgan fingerprint density at radius 3 is 1.88 bits per heavy atom. The normalized spacial score (nSPS) is 13.1. The maximum absolute atomic E-state index is 4.79. The highest BCUT2D eigenvalue weighted by Gasteiger charge is 2.24. The molecule has 0 saturated heterocycles. The third-order valence-corrected chi connectivity index (χ3v) is 6.15. The van der Waals surface area contributed by atoms with Crippen molar-refractivity contribution in [3.05, 3.63) is 41.6 Å². The van der Waals surface area contributed by atoms with Crippen molar-refractivity contribution in [1.82, 2.24) is 24.9 Å². The Hall–Kier alpha value is -2.25. The van der Waals surface area contributed by atoms with Crippen LogP contribution in [-0.4, -0.2) is 24.9 Å². The number of aryl methyl sites for hydroxylation is 2. The van der Waals surface area contributed by atoms with Crippen LogP contribution in [0.4, 0.5) is 0 Å². The van der Waals surface area contributed by atoms with Crippen LogP contribution >= 0.6 is 23.5 Å². The zero-order valence-corrected chi connectivity index (χ0v) is 14.6. The van der Waals surface area contributed by atoms with Crippen LogP contribution in [0, 0.1) is 13.8 Å². The van der Waals surface area contributed by atoms with E-state index in [-0.39, 0.29) is 0 Å². The molecule has 4 aromatic rings. The highest BCUT2D eigenvalue weighted by molar-refractivity contribution is 8.04. The summed E-state index contributed by atoms with van der Waals surface area (Å²) in [5.41, 5.74) is 5.74. The molecule has 0 unspecified atom stereocenters. The number of pyridine rings is 1. The molecule has 0 N–H and O–H groups in total. The Bertz CT molecular complexity index is 1050. The first kappa shape index (κ1) is 14.1. The predicted molar refractivity (Wildman–Crippen MR) is 94.6 cm³/mol. The minimum absolute atomic E-state index is 0.660. The lowest BCUT2D eigenvalue weighted by molar-refractivity contribution is 0.895. The standard InChI is InChI=1S/C17H11N5S2/c1-8-6-11-12(7-9(8)2)21-15-14(20-11)23-16-17(24-15)22-13-10(19-16)4-3-5-18-13/h3-7H,1-2H3. The van der Waals surface area contributed by atoms with Gasteiger partial charge in [0, 0.05) is 6.20 Å². The highest BCUT2D eigenvalue weighted by atomic mass is 32.2. The van der Waals surface area contributed by atoms with Gasteiger partial charge in [0.15, 0.2) is 5.65 Å². The van der Waals surface area contributed by atoms with Crippen LogP contribution < -0.4 is 0 Å². The molecule has 0 radical (unpaired) electrons. The predicted octanol–water partition coefficient (Wildman–Crippen LogP) is 4.20. The summed E-state index contributed by atoms with van der Waals surface area (Å²) in [5, 5.41) is 3.48. The van der Waals surface area contributed by atoms with Crippen molar-refractivity contribution >= 4 is 45.7 Å². The van der Waals surface area contributed by atoms with Gasteiger partial charge in [-0.1, -0.05) is 0 Å². The van der Waals surface area contributed by atoms with E-state index in [2.05, 4.69) is 40.9 Å². The summed E-state index contributed by atoms with van der Waals surface area (Å²) in [6.45, 7) is 4.19. The van der Waals surface area contributed by atoms with Crippen LogP contribution in [-0.2, 0) is 0 Å². The largest absolute Gasteiger partial charge is 0.237 e. The number of rotatable bonds is 0. The number of hydrogen-bond acceptors (Lipinski definition) is 7. The smallest absolute Gasteiger partial charge is 0.179 e. The molecule has 1 aliphatic rings. The van der Waals surface area contributed by atoms with E-state index >= 15 is 0 Å². The zero-order chi connectivity index (χ0) is 16.3. The molecule has 5 nitrogen and oxygen atoms in total. The van der Waals surface area contributed by atoms with Gasteiger partial charge in [0.2, 0.25) is 0 Å². The van der Waals surface area contributed by atoms with E-state index in [1.165, 1.54) is 34.7 Å². The minimum Gasteiger partial charge on any atom is -0.237 e. The van der Waals surface area contributed by atoms with Crippen molar-refractivity contribution in [3.63, 3.8) is 0 Å². The monoisotopic (exact) mass is 349 g/mol. The molecule has 24 heavy (non-hydrogen) atoms. The molecule has 0 spiro atoms. The summed E-state index contributed by atoms with van der Waals surface area (Å²) >= 11 is 3.04. The molecule has 0 aliphatic carbocycles. The van der Waals surface area contributed by atoms with Crippen LogP contribution in [0.25, 0.3) is 22.2 Å². The Morgan fingerprint density at radius 1 is 0.708 bits per heavy atom. The van der Waals surface area contributed by atoms with Crippen molar-refractivity contribution in [1.29, 1.82) is 0 Å². The van der Waals surface area contributed by atoms with E-state index in [0.29, 0.717) is 5.65 Å². The molecule has 0 amide bonds. The molecule has 0 saturated carbocycles. The number of hydrogen-bond donors (Lipinski definition) is 0. The lowest BCUT2D eigenvalue weighted by Crippen LogP contribution is -2.02. The van der Waals surface area contributed by atoms with Crippen LogP contribution in [0.5, 0.6) is 0 Å². The SMILES string of the molecule is Cc1cc2nc3c(nc2cc1C)Sc1nc2ncccc2nc1S3. The van der Waals surface area contributed by atoms with E-state index in [1.807, 2.05) is 12.1 Å². The molecule has 1 aliphatic heterocycles. The average Bonchev–Trinajstić information content (AvgIpc) is 2.58. The summed E-state index contributed by atoms with van der Waals surface area (Å²) < 4.78 is 0. The maximum Gasteiger partial charge on any atom is 0.179 e. The third-order valence-electron chi connectivity index (χ3n) is 3.98. The molecule has 4 heterocycles. The van der Waals surface area contributed by atoms with Crippen LogP contribution in [0.3, 0.4) is 0 Å². The number of fused-ring (bicyclic) bond motifs is 4. The molecular formula is C17H11N5S2. The topological polar surface area (TPSA) is 64.5 Å². The molecule has 1 aromatic carbocycles. The molecule has 0 fully saturated rings. The Kier molecular flexibility index (Phi) is 3.01. The van der Waals surface area contributed by atoms with E-state index in [9.17, 15) is 0 Å². The van der Waals surface area contributed by atoms with E-state index in [0.717, 1.165) is 36.7 Å². The lowest BCUT2D eigenvalue weighted by atomic mass is 10.1. The second-order valence-corrected chi connectivity index (χ2v) is 7.60. The van der Waals surface area contributed by atoms with Gasteiger partial charge in [-0.25, -0.2) is 24.9 Å². The number of aromatic nitrogens is 5. The Labute approximate surface area is 146 Å². The lowest BCUT2D eigenvalue weighted by Gasteiger charge is -2.16. The van der Waals surface area contributed by atoms with Gasteiger partial charge >= 0.3 is 0 Å². The van der Waals surface area contributed by atoms with Crippen LogP contribution in [0.2, 0.25) is 0 Å². The molecule has 5 rings (SSSR count). The van der Waals surface area contributed by atoms with E-state index < -0.39 is 0 Å². The average molecular weight is 349 g/mol. The molecular weight excluding hydrogens is 338 g/mol. The highest BCUT2D eigenvalue weighted by Crippen LogP contribution is 2.45. The van der Waals surface area contributed by atoms with Crippen LogP contribution in [0.15, 0.2) is 50.6 Å². The van der Waals surface area contributed by atoms with Gasteiger partial charge in [-0.15, -0.1) is 0 Å². The second kappa shape index (κ2) is 5.12. The first-order valence-corrected chi connectivity index (χ1v) is 9.08. The van der Waals surface area contributed by atoms with Gasteiger partial charge in [0.1, 0.15) is 25.6 Å². The fourth-order valence-corrected chi connectivity index (χ4v) is 4.55. The number of benzene rings is 1. The summed E-state index contributed by atoms with van der Waals surface area (Å²) in [6.07, 6.45) is 1.73. The summed E-state index contributed by atoms with van der Waals surface area (Å²) in [4.78, 5) is 23.2. The third kappa shape index (κ3) is 2.16. The summed E-state index contributed by atoms with van der Waals surface area (Å²) in [6, 6.07) is 7.98. The summed E-state index contributed by atoms with van der Waals surface area (Å²) in [5.74, 6) is 0. The van der Waals surface area contributed by atoms with Gasteiger partial charge in [-0.3, -0.25) is 0 Å². The van der Waals surface area contributed by atoms with Crippen molar-refractivity contribution < 1.29 is 0 Å². The van der Waals surface area contributed by atoms with Crippen LogP contribution in [0.1, 0.15) is 11.1 Å². The maximum atomic E-state index is 4.79. The Balaban J connectivity index is 1.69. The number of nitrogens with zero attached hydrogens (tertiary/aromatic N) is 5. The fourth-order valence-electron chi connectivity index (χ4n) is 2.59. The van der Waals surface area contributed by atoms with Gasteiger partial charge in [0.25, 0.3) is 0 Å².